The molecule has 6 nitrogen and oxygen atoms in total. The molecule has 1 aromatic carbocycles. The van der Waals surface area contributed by atoms with Crippen LogP contribution >= 0.6 is 11.8 Å². The van der Waals surface area contributed by atoms with E-state index < -0.39 is 0 Å². The Bertz CT molecular complexity index is 868. The van der Waals surface area contributed by atoms with Crippen LogP contribution in [0.5, 0.6) is 0 Å². The third-order valence-corrected chi connectivity index (χ3v) is 5.48. The van der Waals surface area contributed by atoms with Gasteiger partial charge in [0.1, 0.15) is 5.69 Å². The zero-order valence-electron chi connectivity index (χ0n) is 14.2. The molecule has 1 fully saturated rings. The molecule has 1 aliphatic heterocycles. The maximum Gasteiger partial charge on any atom is 0.233 e. The van der Waals surface area contributed by atoms with Gasteiger partial charge < -0.3 is 4.90 Å². The van der Waals surface area contributed by atoms with Crippen molar-refractivity contribution < 1.29 is 4.79 Å². The Hall–Kier alpha value is -2.67. The summed E-state index contributed by atoms with van der Waals surface area (Å²) in [5.74, 6) is 0.612. The molecule has 0 bridgehead atoms. The number of carbonyl (C=O) groups is 1. The van der Waals surface area contributed by atoms with Gasteiger partial charge in [-0.05, 0) is 18.6 Å². The molecule has 1 amide bonds. The maximum absolute atomic E-state index is 12.5. The molecule has 0 N–H and O–H groups in total. The van der Waals surface area contributed by atoms with Crippen LogP contribution in [0, 0.1) is 0 Å². The van der Waals surface area contributed by atoms with Crippen molar-refractivity contribution in [1.29, 1.82) is 0 Å². The Labute approximate surface area is 156 Å². The summed E-state index contributed by atoms with van der Waals surface area (Å²) in [5.41, 5.74) is 1.92. The monoisotopic (exact) mass is 365 g/mol. The van der Waals surface area contributed by atoms with Crippen molar-refractivity contribution in [2.45, 2.75) is 17.4 Å². The average molecular weight is 365 g/mol. The van der Waals surface area contributed by atoms with Gasteiger partial charge in [-0.2, -0.15) is 0 Å². The van der Waals surface area contributed by atoms with Crippen LogP contribution in [0.2, 0.25) is 0 Å². The number of nitrogens with zero attached hydrogens (tertiary/aromatic N) is 5. The van der Waals surface area contributed by atoms with Crippen molar-refractivity contribution in [3.63, 3.8) is 0 Å². The molecule has 3 heterocycles. The Kier molecular flexibility index (Phi) is 4.97. The molecule has 0 saturated carbocycles. The van der Waals surface area contributed by atoms with E-state index in [2.05, 4.69) is 15.3 Å². The molecule has 132 valence electrons. The molecule has 0 aliphatic carbocycles. The highest BCUT2D eigenvalue weighted by molar-refractivity contribution is 8.00. The van der Waals surface area contributed by atoms with Gasteiger partial charge in [0.15, 0.2) is 0 Å². The number of carbonyl (C=O) groups excluding carboxylic acids is 1. The fourth-order valence-corrected chi connectivity index (χ4v) is 3.84. The third kappa shape index (κ3) is 3.77. The highest BCUT2D eigenvalue weighted by Gasteiger charge is 2.28. The van der Waals surface area contributed by atoms with E-state index >= 15 is 0 Å². The summed E-state index contributed by atoms with van der Waals surface area (Å²) < 4.78 is 1.89. The standard InChI is InChI=1S/C19H19N5OS/c25-19(14-26-17-6-9-20-10-7-17)23-11-8-16(12-23)24-13-18(21-22-24)15-4-2-1-3-5-15/h1-7,9-10,13,16H,8,11-12,14H2/t16-/m1/s1. The van der Waals surface area contributed by atoms with Gasteiger partial charge in [0, 0.05) is 35.9 Å². The molecule has 1 atom stereocenters. The summed E-state index contributed by atoms with van der Waals surface area (Å²) >= 11 is 1.55. The number of hydrogen-bond donors (Lipinski definition) is 0. The first-order valence-electron chi connectivity index (χ1n) is 8.57. The van der Waals surface area contributed by atoms with E-state index in [4.69, 9.17) is 0 Å². The number of benzene rings is 1. The zero-order valence-corrected chi connectivity index (χ0v) is 15.0. The van der Waals surface area contributed by atoms with Gasteiger partial charge >= 0.3 is 0 Å². The topological polar surface area (TPSA) is 63.9 Å². The fraction of sp³-hybridized carbons (Fsp3) is 0.263. The Morgan fingerprint density at radius 2 is 1.96 bits per heavy atom. The average Bonchev–Trinajstić information content (AvgIpc) is 3.37. The molecular formula is C19H19N5OS. The second kappa shape index (κ2) is 7.70. The molecule has 7 heteroatoms. The van der Waals surface area contributed by atoms with E-state index in [1.54, 1.807) is 24.2 Å². The molecule has 1 aliphatic rings. The lowest BCUT2D eigenvalue weighted by Gasteiger charge is -2.16. The lowest BCUT2D eigenvalue weighted by atomic mass is 10.2. The second-order valence-corrected chi connectivity index (χ2v) is 7.25. The Morgan fingerprint density at radius 3 is 2.77 bits per heavy atom. The van der Waals surface area contributed by atoms with Gasteiger partial charge in [-0.3, -0.25) is 9.78 Å². The number of rotatable bonds is 5. The van der Waals surface area contributed by atoms with E-state index in [9.17, 15) is 4.79 Å². The highest BCUT2D eigenvalue weighted by Crippen LogP contribution is 2.25. The van der Waals surface area contributed by atoms with E-state index in [1.165, 1.54) is 0 Å². The number of amides is 1. The molecule has 2 aromatic heterocycles. The molecule has 26 heavy (non-hydrogen) atoms. The smallest absolute Gasteiger partial charge is 0.233 e. The van der Waals surface area contributed by atoms with E-state index in [0.717, 1.165) is 29.1 Å². The van der Waals surface area contributed by atoms with Crippen LogP contribution in [-0.4, -0.2) is 49.6 Å². The molecular weight excluding hydrogens is 346 g/mol. The van der Waals surface area contributed by atoms with Gasteiger partial charge in [-0.1, -0.05) is 35.5 Å². The Morgan fingerprint density at radius 1 is 1.15 bits per heavy atom. The molecule has 4 rings (SSSR count). The largest absolute Gasteiger partial charge is 0.340 e. The minimum atomic E-state index is 0.165. The van der Waals surface area contributed by atoms with Crippen LogP contribution in [0.3, 0.4) is 0 Å². The van der Waals surface area contributed by atoms with Crippen LogP contribution in [-0.2, 0) is 4.79 Å². The van der Waals surface area contributed by atoms with E-state index in [0.29, 0.717) is 12.3 Å². The first-order chi connectivity index (χ1) is 12.8. The fourth-order valence-electron chi connectivity index (χ4n) is 3.05. The predicted molar refractivity (Wildman–Crippen MR) is 101 cm³/mol. The summed E-state index contributed by atoms with van der Waals surface area (Å²) in [4.78, 5) is 19.4. The van der Waals surface area contributed by atoms with Gasteiger partial charge in [-0.25, -0.2) is 4.68 Å². The van der Waals surface area contributed by atoms with E-state index in [-0.39, 0.29) is 11.9 Å². The highest BCUT2D eigenvalue weighted by atomic mass is 32.2. The summed E-state index contributed by atoms with van der Waals surface area (Å²) in [6, 6.07) is 14.0. The van der Waals surface area contributed by atoms with Crippen molar-refractivity contribution >= 4 is 17.7 Å². The summed E-state index contributed by atoms with van der Waals surface area (Å²) in [6.45, 7) is 1.45. The molecule has 1 saturated heterocycles. The quantitative estimate of drug-likeness (QED) is 0.651. The molecule has 0 unspecified atom stereocenters. The minimum absolute atomic E-state index is 0.165. The molecule has 0 radical (unpaired) electrons. The van der Waals surface area contributed by atoms with Crippen LogP contribution in [0.1, 0.15) is 12.5 Å². The maximum atomic E-state index is 12.5. The summed E-state index contributed by atoms with van der Waals surface area (Å²) in [5, 5.41) is 8.55. The van der Waals surface area contributed by atoms with Crippen LogP contribution < -0.4 is 0 Å². The Balaban J connectivity index is 1.35. The predicted octanol–water partition coefficient (Wildman–Crippen LogP) is 2.91. The first kappa shape index (κ1) is 16.8. The third-order valence-electron chi connectivity index (χ3n) is 4.48. The van der Waals surface area contributed by atoms with Crippen molar-refractivity contribution in [3.8, 4) is 11.3 Å². The van der Waals surface area contributed by atoms with Crippen LogP contribution in [0.4, 0.5) is 0 Å². The van der Waals surface area contributed by atoms with Crippen LogP contribution in [0.25, 0.3) is 11.3 Å². The number of thioether (sulfide) groups is 1. The lowest BCUT2D eigenvalue weighted by molar-refractivity contribution is -0.127. The van der Waals surface area contributed by atoms with Crippen molar-refractivity contribution in [2.24, 2.45) is 0 Å². The van der Waals surface area contributed by atoms with Gasteiger partial charge in [0.2, 0.25) is 5.91 Å². The van der Waals surface area contributed by atoms with Crippen LogP contribution in [0.15, 0.2) is 66.0 Å². The number of likely N-dealkylation sites (tertiary alicyclic amines) is 1. The van der Waals surface area contributed by atoms with E-state index in [1.807, 2.05) is 58.2 Å². The molecule has 3 aromatic rings. The second-order valence-electron chi connectivity index (χ2n) is 6.20. The van der Waals surface area contributed by atoms with Gasteiger partial charge in [-0.15, -0.1) is 16.9 Å². The summed E-state index contributed by atoms with van der Waals surface area (Å²) in [6.07, 6.45) is 6.37. The number of pyridine rings is 1. The SMILES string of the molecule is O=C(CSc1ccncc1)N1CC[C@@H](n2cc(-c3ccccc3)nn2)C1. The normalized spacial score (nSPS) is 16.8. The first-order valence-corrected chi connectivity index (χ1v) is 9.56. The zero-order chi connectivity index (χ0) is 17.8. The van der Waals surface area contributed by atoms with Crippen molar-refractivity contribution in [2.75, 3.05) is 18.8 Å². The van der Waals surface area contributed by atoms with Gasteiger partial charge in [0.05, 0.1) is 18.0 Å². The van der Waals surface area contributed by atoms with Gasteiger partial charge in [0.25, 0.3) is 0 Å². The minimum Gasteiger partial charge on any atom is -0.340 e. The number of hydrogen-bond acceptors (Lipinski definition) is 5. The van der Waals surface area contributed by atoms with Crippen molar-refractivity contribution in [3.05, 3.63) is 61.1 Å². The number of aromatic nitrogens is 4. The molecule has 0 spiro atoms. The van der Waals surface area contributed by atoms with Crippen molar-refractivity contribution in [1.82, 2.24) is 24.9 Å². The summed E-state index contributed by atoms with van der Waals surface area (Å²) in [7, 11) is 0. The lowest BCUT2D eigenvalue weighted by Crippen LogP contribution is -2.30.